The molecule has 0 spiro atoms. The number of carbonyl (C=O) groups excluding carboxylic acids is 1. The number of hydrogen-bond acceptors (Lipinski definition) is 3. The van der Waals surface area contributed by atoms with Crippen molar-refractivity contribution in [3.05, 3.63) is 29.8 Å². The van der Waals surface area contributed by atoms with Gasteiger partial charge in [-0.2, -0.15) is 4.31 Å². The quantitative estimate of drug-likeness (QED) is 0.667. The lowest BCUT2D eigenvalue weighted by Crippen LogP contribution is -2.45. The van der Waals surface area contributed by atoms with E-state index in [2.05, 4.69) is 12.2 Å². The Balaban J connectivity index is 1.87. The van der Waals surface area contributed by atoms with Crippen molar-refractivity contribution in [2.75, 3.05) is 19.6 Å². The molecule has 0 bridgehead atoms. The molecule has 1 saturated heterocycles. The molecule has 26 heavy (non-hydrogen) atoms. The molecule has 0 unspecified atom stereocenters. The molecule has 0 radical (unpaired) electrons. The van der Waals surface area contributed by atoms with Crippen molar-refractivity contribution >= 4 is 15.9 Å². The molecular weight excluding hydrogens is 348 g/mol. The molecule has 1 N–H and O–H groups in total. The second kappa shape index (κ2) is 10.1. The van der Waals surface area contributed by atoms with Gasteiger partial charge >= 0.3 is 0 Å². The van der Waals surface area contributed by atoms with Crippen LogP contribution < -0.4 is 5.32 Å². The topological polar surface area (TPSA) is 66.5 Å². The summed E-state index contributed by atoms with van der Waals surface area (Å²) in [5.41, 5.74) is 1.03. The van der Waals surface area contributed by atoms with Gasteiger partial charge < -0.3 is 5.32 Å². The minimum atomic E-state index is -3.53. The number of unbranched alkanes of at least 4 members (excludes halogenated alkanes) is 4. The Bertz CT molecular complexity index is 671. The molecule has 0 aliphatic carbocycles. The van der Waals surface area contributed by atoms with Crippen molar-refractivity contribution in [3.8, 4) is 0 Å². The number of aryl methyl sites for hydroxylation is 1. The Hall–Kier alpha value is -1.40. The highest BCUT2D eigenvalue weighted by molar-refractivity contribution is 7.89. The molecule has 0 saturated carbocycles. The fraction of sp³-hybridized carbons (Fsp3) is 0.650. The van der Waals surface area contributed by atoms with Gasteiger partial charge in [0.15, 0.2) is 0 Å². The summed E-state index contributed by atoms with van der Waals surface area (Å²) in [5, 5.41) is 2.99. The number of piperidine rings is 1. The summed E-state index contributed by atoms with van der Waals surface area (Å²) in [4.78, 5) is 12.7. The summed E-state index contributed by atoms with van der Waals surface area (Å²) in [5.74, 6) is -0.260. The Kier molecular flexibility index (Phi) is 8.10. The monoisotopic (exact) mass is 380 g/mol. The molecule has 1 atom stereocenters. The van der Waals surface area contributed by atoms with Crippen LogP contribution in [0.15, 0.2) is 29.2 Å². The van der Waals surface area contributed by atoms with Gasteiger partial charge in [-0.25, -0.2) is 8.42 Å². The Morgan fingerprint density at radius 3 is 2.54 bits per heavy atom. The molecule has 1 aliphatic rings. The molecule has 2 rings (SSSR count). The summed E-state index contributed by atoms with van der Waals surface area (Å²) in [6.07, 6.45) is 7.25. The van der Waals surface area contributed by atoms with Gasteiger partial charge in [-0.15, -0.1) is 0 Å². The SMILES string of the molecule is CCCCCCCNC(=O)[C@@H]1CCCN(S(=O)(=O)c2ccc(C)cc2)C1. The summed E-state index contributed by atoms with van der Waals surface area (Å²) >= 11 is 0. The molecular formula is C20H32N2O3S. The summed E-state index contributed by atoms with van der Waals surface area (Å²) in [6.45, 7) is 5.56. The lowest BCUT2D eigenvalue weighted by Gasteiger charge is -2.31. The smallest absolute Gasteiger partial charge is 0.243 e. The minimum Gasteiger partial charge on any atom is -0.356 e. The van der Waals surface area contributed by atoms with Crippen molar-refractivity contribution in [2.24, 2.45) is 5.92 Å². The van der Waals surface area contributed by atoms with Crippen molar-refractivity contribution in [1.82, 2.24) is 9.62 Å². The number of nitrogens with one attached hydrogen (secondary N) is 1. The van der Waals surface area contributed by atoms with Crippen LogP contribution in [0.5, 0.6) is 0 Å². The van der Waals surface area contributed by atoms with E-state index in [1.807, 2.05) is 6.92 Å². The third-order valence-corrected chi connectivity index (χ3v) is 6.87. The summed E-state index contributed by atoms with van der Waals surface area (Å²) < 4.78 is 27.1. The number of sulfonamides is 1. The first-order valence-electron chi connectivity index (χ1n) is 9.79. The van der Waals surface area contributed by atoms with Crippen LogP contribution >= 0.6 is 0 Å². The number of amides is 1. The van der Waals surface area contributed by atoms with Gasteiger partial charge in [-0.05, 0) is 38.3 Å². The largest absolute Gasteiger partial charge is 0.356 e. The van der Waals surface area contributed by atoms with Crippen LogP contribution in [-0.2, 0) is 14.8 Å². The number of nitrogens with zero attached hydrogens (tertiary/aromatic N) is 1. The first kappa shape index (κ1) is 20.9. The second-order valence-corrected chi connectivity index (χ2v) is 9.16. The zero-order valence-electron chi connectivity index (χ0n) is 16.0. The van der Waals surface area contributed by atoms with Gasteiger partial charge in [-0.3, -0.25) is 4.79 Å². The van der Waals surface area contributed by atoms with E-state index in [-0.39, 0.29) is 18.4 Å². The van der Waals surface area contributed by atoms with Crippen molar-refractivity contribution < 1.29 is 13.2 Å². The van der Waals surface area contributed by atoms with Crippen molar-refractivity contribution in [2.45, 2.75) is 63.7 Å². The predicted octanol–water partition coefficient (Wildman–Crippen LogP) is 3.48. The van der Waals surface area contributed by atoms with Gasteiger partial charge in [0.05, 0.1) is 10.8 Å². The maximum absolute atomic E-state index is 12.8. The maximum Gasteiger partial charge on any atom is 0.243 e. The van der Waals surface area contributed by atoms with Crippen LogP contribution in [0.4, 0.5) is 0 Å². The zero-order valence-corrected chi connectivity index (χ0v) is 16.9. The molecule has 1 aromatic carbocycles. The van der Waals surface area contributed by atoms with Gasteiger partial charge in [0.2, 0.25) is 15.9 Å². The molecule has 5 nitrogen and oxygen atoms in total. The first-order chi connectivity index (χ1) is 12.4. The van der Waals surface area contributed by atoms with Crippen molar-refractivity contribution in [1.29, 1.82) is 0 Å². The molecule has 1 fully saturated rings. The Morgan fingerprint density at radius 2 is 1.85 bits per heavy atom. The summed E-state index contributed by atoms with van der Waals surface area (Å²) in [7, 11) is -3.53. The van der Waals surface area contributed by atoms with E-state index in [1.165, 1.54) is 23.6 Å². The van der Waals surface area contributed by atoms with Crippen LogP contribution in [0.25, 0.3) is 0 Å². The number of carbonyl (C=O) groups is 1. The molecule has 1 amide bonds. The molecule has 1 aliphatic heterocycles. The Labute approximate surface area is 158 Å². The van der Waals surface area contributed by atoms with Gasteiger partial charge in [0.1, 0.15) is 0 Å². The highest BCUT2D eigenvalue weighted by Gasteiger charge is 2.33. The Morgan fingerprint density at radius 1 is 1.15 bits per heavy atom. The van der Waals surface area contributed by atoms with E-state index < -0.39 is 10.0 Å². The van der Waals surface area contributed by atoms with Gasteiger partial charge in [0, 0.05) is 19.6 Å². The first-order valence-corrected chi connectivity index (χ1v) is 11.2. The lowest BCUT2D eigenvalue weighted by molar-refractivity contribution is -0.126. The standard InChI is InChI=1S/C20H32N2O3S/c1-3-4-5-6-7-14-21-20(23)18-9-8-15-22(16-18)26(24,25)19-12-10-17(2)11-13-19/h10-13,18H,3-9,14-16H2,1-2H3,(H,21,23)/t18-/m1/s1. The zero-order chi connectivity index (χ0) is 19.0. The molecule has 6 heteroatoms. The van der Waals surface area contributed by atoms with Crippen molar-refractivity contribution in [3.63, 3.8) is 0 Å². The van der Waals surface area contributed by atoms with E-state index in [9.17, 15) is 13.2 Å². The summed E-state index contributed by atoms with van der Waals surface area (Å²) in [6, 6.07) is 6.90. The van der Waals surface area contributed by atoms with Crippen LogP contribution in [0.2, 0.25) is 0 Å². The van der Waals surface area contributed by atoms with E-state index in [0.717, 1.165) is 31.2 Å². The van der Waals surface area contributed by atoms with E-state index in [0.29, 0.717) is 18.0 Å². The van der Waals surface area contributed by atoms with Crippen LogP contribution in [0, 0.1) is 12.8 Å². The van der Waals surface area contributed by atoms with E-state index in [1.54, 1.807) is 24.3 Å². The third kappa shape index (κ3) is 5.81. The third-order valence-electron chi connectivity index (χ3n) is 4.99. The number of benzene rings is 1. The normalized spacial score (nSPS) is 18.6. The minimum absolute atomic E-state index is 0.00991. The predicted molar refractivity (Wildman–Crippen MR) is 104 cm³/mol. The fourth-order valence-electron chi connectivity index (χ4n) is 3.32. The van der Waals surface area contributed by atoms with Crippen LogP contribution in [-0.4, -0.2) is 38.3 Å². The molecule has 0 aromatic heterocycles. The van der Waals surface area contributed by atoms with Gasteiger partial charge in [-0.1, -0.05) is 50.3 Å². The molecule has 146 valence electrons. The van der Waals surface area contributed by atoms with Crippen LogP contribution in [0.3, 0.4) is 0 Å². The highest BCUT2D eigenvalue weighted by atomic mass is 32.2. The maximum atomic E-state index is 12.8. The molecule has 1 aromatic rings. The number of hydrogen-bond donors (Lipinski definition) is 1. The average Bonchev–Trinajstić information content (AvgIpc) is 2.65. The average molecular weight is 381 g/mol. The fourth-order valence-corrected chi connectivity index (χ4v) is 4.84. The highest BCUT2D eigenvalue weighted by Crippen LogP contribution is 2.24. The van der Waals surface area contributed by atoms with E-state index >= 15 is 0 Å². The molecule has 1 heterocycles. The van der Waals surface area contributed by atoms with Crippen LogP contribution in [0.1, 0.15) is 57.4 Å². The number of rotatable bonds is 9. The van der Waals surface area contributed by atoms with E-state index in [4.69, 9.17) is 0 Å². The second-order valence-electron chi connectivity index (χ2n) is 7.22. The van der Waals surface area contributed by atoms with Gasteiger partial charge in [0.25, 0.3) is 0 Å². The lowest BCUT2D eigenvalue weighted by atomic mass is 9.99.